The maximum Gasteiger partial charge on any atom is 0.0247 e. The monoisotopic (exact) mass is 296 g/mol. The zero-order valence-corrected chi connectivity index (χ0v) is 14.2. The predicted octanol–water partition coefficient (Wildman–Crippen LogP) is 3.47. The Hall–Kier alpha value is 0.270. The van der Waals surface area contributed by atoms with Crippen molar-refractivity contribution in [3.8, 4) is 0 Å². The molecule has 3 atom stereocenters. The lowest BCUT2D eigenvalue weighted by Crippen LogP contribution is -2.61. The number of fused-ring (bicyclic) bond motifs is 1. The average molecular weight is 297 g/mol. The van der Waals surface area contributed by atoms with E-state index in [0.29, 0.717) is 0 Å². The summed E-state index contributed by atoms with van der Waals surface area (Å²) in [5.41, 5.74) is 0. The van der Waals surface area contributed by atoms with E-state index in [1.165, 1.54) is 70.5 Å². The maximum atomic E-state index is 2.88. The highest BCUT2D eigenvalue weighted by Gasteiger charge is 2.37. The van der Waals surface area contributed by atoms with E-state index >= 15 is 0 Å². The molecule has 0 aromatic carbocycles. The Balaban J connectivity index is 1.62. The molecular weight excluding hydrogens is 264 g/mol. The van der Waals surface area contributed by atoms with Gasteiger partial charge in [-0.1, -0.05) is 26.7 Å². The standard InChI is InChI=1S/C17H32N2S/c1-14(2)17-13-18-9-5-3-7-15(18)11-19(17)12-16-8-4-6-10-20-16/h14-17H,3-13H2,1-2H3. The number of rotatable bonds is 3. The van der Waals surface area contributed by atoms with Crippen molar-refractivity contribution in [2.45, 2.75) is 69.7 Å². The molecule has 0 spiro atoms. The fourth-order valence-corrected chi connectivity index (χ4v) is 5.66. The van der Waals surface area contributed by atoms with E-state index in [9.17, 15) is 0 Å². The topological polar surface area (TPSA) is 6.48 Å². The Labute approximate surface area is 129 Å². The van der Waals surface area contributed by atoms with E-state index in [4.69, 9.17) is 0 Å². The highest BCUT2D eigenvalue weighted by Crippen LogP contribution is 2.31. The molecule has 0 bridgehead atoms. The third-order valence-electron chi connectivity index (χ3n) is 5.57. The number of nitrogens with zero attached hydrogens (tertiary/aromatic N) is 2. The SMILES string of the molecule is CC(C)C1CN2CCCCC2CN1CC1CCCCS1. The predicted molar refractivity (Wildman–Crippen MR) is 89.5 cm³/mol. The lowest BCUT2D eigenvalue weighted by Gasteiger charge is -2.50. The summed E-state index contributed by atoms with van der Waals surface area (Å²) in [6.07, 6.45) is 8.71. The average Bonchev–Trinajstić information content (AvgIpc) is 2.47. The van der Waals surface area contributed by atoms with E-state index in [-0.39, 0.29) is 0 Å². The van der Waals surface area contributed by atoms with Crippen LogP contribution in [0.15, 0.2) is 0 Å². The Morgan fingerprint density at radius 2 is 1.90 bits per heavy atom. The minimum Gasteiger partial charge on any atom is -0.298 e. The fourth-order valence-electron chi connectivity index (χ4n) is 4.32. The van der Waals surface area contributed by atoms with Gasteiger partial charge in [-0.2, -0.15) is 11.8 Å². The zero-order valence-electron chi connectivity index (χ0n) is 13.4. The van der Waals surface area contributed by atoms with E-state index in [0.717, 1.165) is 23.3 Å². The van der Waals surface area contributed by atoms with E-state index in [2.05, 4.69) is 35.4 Å². The van der Waals surface area contributed by atoms with Crippen LogP contribution in [0.5, 0.6) is 0 Å². The minimum absolute atomic E-state index is 0.798. The maximum absolute atomic E-state index is 2.88. The minimum atomic E-state index is 0.798. The first-order valence-electron chi connectivity index (χ1n) is 8.83. The van der Waals surface area contributed by atoms with Crippen LogP contribution in [0, 0.1) is 5.92 Å². The van der Waals surface area contributed by atoms with Crippen molar-refractivity contribution in [1.29, 1.82) is 0 Å². The highest BCUT2D eigenvalue weighted by atomic mass is 32.2. The van der Waals surface area contributed by atoms with Crippen LogP contribution in [0.4, 0.5) is 0 Å². The van der Waals surface area contributed by atoms with Crippen LogP contribution >= 0.6 is 11.8 Å². The number of hydrogen-bond donors (Lipinski definition) is 0. The van der Waals surface area contributed by atoms with Gasteiger partial charge in [-0.3, -0.25) is 9.80 Å². The molecule has 20 heavy (non-hydrogen) atoms. The Bertz CT molecular complexity index is 299. The molecule has 3 aliphatic heterocycles. The molecule has 3 heteroatoms. The third kappa shape index (κ3) is 3.53. The molecule has 0 saturated carbocycles. The van der Waals surface area contributed by atoms with Gasteiger partial charge in [-0.25, -0.2) is 0 Å². The summed E-state index contributed by atoms with van der Waals surface area (Å²) in [5, 5.41) is 0.917. The van der Waals surface area contributed by atoms with Gasteiger partial charge in [0.05, 0.1) is 0 Å². The van der Waals surface area contributed by atoms with Crippen molar-refractivity contribution in [3.63, 3.8) is 0 Å². The van der Waals surface area contributed by atoms with E-state index < -0.39 is 0 Å². The van der Waals surface area contributed by atoms with Crippen LogP contribution < -0.4 is 0 Å². The van der Waals surface area contributed by atoms with Crippen molar-refractivity contribution in [1.82, 2.24) is 9.80 Å². The highest BCUT2D eigenvalue weighted by molar-refractivity contribution is 7.99. The summed E-state index contributed by atoms with van der Waals surface area (Å²) in [6.45, 7) is 10.3. The van der Waals surface area contributed by atoms with Gasteiger partial charge in [0.15, 0.2) is 0 Å². The van der Waals surface area contributed by atoms with Gasteiger partial charge in [0.25, 0.3) is 0 Å². The van der Waals surface area contributed by atoms with Gasteiger partial charge < -0.3 is 0 Å². The molecule has 2 nitrogen and oxygen atoms in total. The molecule has 3 unspecified atom stereocenters. The van der Waals surface area contributed by atoms with Gasteiger partial charge in [0.1, 0.15) is 0 Å². The molecule has 116 valence electrons. The van der Waals surface area contributed by atoms with Crippen molar-refractivity contribution in [2.24, 2.45) is 5.92 Å². The Kier molecular flexibility index (Phi) is 5.33. The second-order valence-electron chi connectivity index (χ2n) is 7.40. The van der Waals surface area contributed by atoms with Crippen LogP contribution in [-0.4, -0.2) is 59.1 Å². The number of hydrogen-bond acceptors (Lipinski definition) is 3. The summed E-state index contributed by atoms with van der Waals surface area (Å²) in [6, 6.07) is 1.67. The van der Waals surface area contributed by atoms with Gasteiger partial charge in [0.2, 0.25) is 0 Å². The third-order valence-corrected chi connectivity index (χ3v) is 6.95. The van der Waals surface area contributed by atoms with Crippen LogP contribution in [0.3, 0.4) is 0 Å². The molecule has 3 saturated heterocycles. The quantitative estimate of drug-likeness (QED) is 0.787. The second kappa shape index (κ2) is 7.02. The summed E-state index contributed by atoms with van der Waals surface area (Å²) in [4.78, 5) is 5.68. The van der Waals surface area contributed by atoms with Crippen LogP contribution in [-0.2, 0) is 0 Å². The van der Waals surface area contributed by atoms with Gasteiger partial charge in [-0.15, -0.1) is 0 Å². The smallest absolute Gasteiger partial charge is 0.0247 e. The largest absolute Gasteiger partial charge is 0.298 e. The fraction of sp³-hybridized carbons (Fsp3) is 1.00. The summed E-state index contributed by atoms with van der Waals surface area (Å²) in [5.74, 6) is 2.20. The summed E-state index contributed by atoms with van der Waals surface area (Å²) < 4.78 is 0. The van der Waals surface area contributed by atoms with Gasteiger partial charge in [0, 0.05) is 37.0 Å². The zero-order chi connectivity index (χ0) is 13.9. The van der Waals surface area contributed by atoms with Crippen molar-refractivity contribution < 1.29 is 0 Å². The number of thioether (sulfide) groups is 1. The van der Waals surface area contributed by atoms with Gasteiger partial charge in [-0.05, 0) is 43.9 Å². The second-order valence-corrected chi connectivity index (χ2v) is 8.81. The normalized spacial score (nSPS) is 37.0. The van der Waals surface area contributed by atoms with Crippen LogP contribution in [0.25, 0.3) is 0 Å². The van der Waals surface area contributed by atoms with Crippen LogP contribution in [0.2, 0.25) is 0 Å². The molecule has 0 radical (unpaired) electrons. The lowest BCUT2D eigenvalue weighted by atomic mass is 9.92. The first kappa shape index (κ1) is 15.2. The molecule has 0 N–H and O–H groups in total. The lowest BCUT2D eigenvalue weighted by molar-refractivity contribution is -0.00737. The molecule has 3 fully saturated rings. The first-order chi connectivity index (χ1) is 9.74. The van der Waals surface area contributed by atoms with Crippen molar-refractivity contribution >= 4 is 11.8 Å². The van der Waals surface area contributed by atoms with Crippen molar-refractivity contribution in [3.05, 3.63) is 0 Å². The molecule has 0 aromatic heterocycles. The molecule has 3 aliphatic rings. The molecule has 0 aromatic rings. The molecule has 3 heterocycles. The number of piperidine rings is 1. The molecule has 3 rings (SSSR count). The van der Waals surface area contributed by atoms with Gasteiger partial charge >= 0.3 is 0 Å². The summed E-state index contributed by atoms with van der Waals surface area (Å²) >= 11 is 2.24. The molecular formula is C17H32N2S. The van der Waals surface area contributed by atoms with Crippen LogP contribution in [0.1, 0.15) is 52.4 Å². The van der Waals surface area contributed by atoms with Crippen molar-refractivity contribution in [2.75, 3.05) is 31.9 Å². The first-order valence-corrected chi connectivity index (χ1v) is 9.88. The van der Waals surface area contributed by atoms with E-state index in [1.54, 1.807) is 0 Å². The summed E-state index contributed by atoms with van der Waals surface area (Å²) in [7, 11) is 0. The Morgan fingerprint density at radius 1 is 1.05 bits per heavy atom. The molecule has 0 amide bonds. The van der Waals surface area contributed by atoms with E-state index in [1.807, 2.05) is 0 Å². The Morgan fingerprint density at radius 3 is 2.65 bits per heavy atom. The molecule has 0 aliphatic carbocycles. The number of piperazine rings is 1.